The molecule has 0 unspecified atom stereocenters. The molecule has 4 aromatic rings. The Hall–Kier alpha value is -4.37. The van der Waals surface area contributed by atoms with Crippen LogP contribution in [0.2, 0.25) is 0 Å². The molecule has 0 aliphatic heterocycles. The molecule has 0 saturated carbocycles. The van der Waals surface area contributed by atoms with Crippen molar-refractivity contribution in [2.45, 2.75) is 6.54 Å². The van der Waals surface area contributed by atoms with E-state index in [0.717, 1.165) is 16.7 Å². The van der Waals surface area contributed by atoms with E-state index < -0.39 is 5.97 Å². The Morgan fingerprint density at radius 3 is 2.55 bits per heavy atom. The number of nitrogens with zero attached hydrogens (tertiary/aromatic N) is 3. The molecule has 6 nitrogen and oxygen atoms in total. The Morgan fingerprint density at radius 1 is 1.03 bits per heavy atom. The molecule has 0 bridgehead atoms. The number of rotatable bonds is 6. The maximum absolute atomic E-state index is 13.0. The smallest absolute Gasteiger partial charge is 0.344 e. The van der Waals surface area contributed by atoms with Gasteiger partial charge in [0.25, 0.3) is 0 Å². The van der Waals surface area contributed by atoms with Crippen LogP contribution in [0.5, 0.6) is 11.5 Å². The highest BCUT2D eigenvalue weighted by Crippen LogP contribution is 2.30. The van der Waals surface area contributed by atoms with Crippen molar-refractivity contribution in [3.63, 3.8) is 0 Å². The van der Waals surface area contributed by atoms with Gasteiger partial charge in [-0.1, -0.05) is 42.5 Å². The zero-order valence-electron chi connectivity index (χ0n) is 16.9. The van der Waals surface area contributed by atoms with E-state index in [9.17, 15) is 4.79 Å². The number of aromatic nitrogens is 2. The number of esters is 1. The molecule has 1 heterocycles. The summed E-state index contributed by atoms with van der Waals surface area (Å²) in [5.41, 5.74) is 3.64. The highest BCUT2D eigenvalue weighted by molar-refractivity contribution is 5.98. The summed E-state index contributed by atoms with van der Waals surface area (Å²) in [6.45, 7) is 0.676. The number of carbonyl (C=O) groups excluding carboxylic acids is 1. The van der Waals surface area contributed by atoms with E-state index >= 15 is 0 Å². The number of carbonyl (C=O) groups is 1. The van der Waals surface area contributed by atoms with Crippen molar-refractivity contribution in [1.82, 2.24) is 9.78 Å². The lowest BCUT2D eigenvalue weighted by atomic mass is 9.98. The summed E-state index contributed by atoms with van der Waals surface area (Å²) >= 11 is 0. The van der Waals surface area contributed by atoms with Gasteiger partial charge in [0.2, 0.25) is 0 Å². The van der Waals surface area contributed by atoms with E-state index in [0.29, 0.717) is 23.4 Å². The van der Waals surface area contributed by atoms with Crippen LogP contribution in [0.1, 0.15) is 21.5 Å². The van der Waals surface area contributed by atoms with Crippen LogP contribution in [-0.4, -0.2) is 22.9 Å². The predicted molar refractivity (Wildman–Crippen MR) is 116 cm³/mol. The van der Waals surface area contributed by atoms with E-state index in [1.165, 1.54) is 13.2 Å². The molecule has 4 rings (SSSR count). The van der Waals surface area contributed by atoms with Crippen molar-refractivity contribution in [2.75, 3.05) is 7.11 Å². The summed E-state index contributed by atoms with van der Waals surface area (Å²) in [4.78, 5) is 13.0. The van der Waals surface area contributed by atoms with Gasteiger partial charge in [-0.15, -0.1) is 0 Å². The number of benzene rings is 3. The maximum Gasteiger partial charge on any atom is 0.344 e. The second-order valence-electron chi connectivity index (χ2n) is 6.81. The topological polar surface area (TPSA) is 77.1 Å². The van der Waals surface area contributed by atoms with Crippen molar-refractivity contribution in [3.05, 3.63) is 102 Å². The molecule has 0 atom stereocenters. The minimum absolute atomic E-state index is 0.260. The van der Waals surface area contributed by atoms with Gasteiger partial charge in [0.15, 0.2) is 11.5 Å². The Kier molecular flexibility index (Phi) is 5.77. The number of nitriles is 1. The summed E-state index contributed by atoms with van der Waals surface area (Å²) in [5, 5.41) is 13.3. The van der Waals surface area contributed by atoms with Crippen molar-refractivity contribution in [2.24, 2.45) is 0 Å². The minimum atomic E-state index is -0.501. The first-order valence-electron chi connectivity index (χ1n) is 9.64. The predicted octanol–water partition coefficient (Wildman–Crippen LogP) is 4.70. The Bertz CT molecular complexity index is 1240. The summed E-state index contributed by atoms with van der Waals surface area (Å²) in [5.74, 6) is 0.0861. The van der Waals surface area contributed by atoms with Crippen molar-refractivity contribution in [1.29, 1.82) is 5.26 Å². The Labute approximate surface area is 179 Å². The minimum Gasteiger partial charge on any atom is -0.493 e. The molecule has 3 aromatic carbocycles. The fraction of sp³-hybridized carbons (Fsp3) is 0.0800. The molecule has 0 spiro atoms. The summed E-state index contributed by atoms with van der Waals surface area (Å²) in [6, 6.07) is 23.9. The van der Waals surface area contributed by atoms with Crippen molar-refractivity contribution >= 4 is 5.97 Å². The Morgan fingerprint density at radius 2 is 1.84 bits per heavy atom. The average molecular weight is 409 g/mol. The normalized spacial score (nSPS) is 10.3. The lowest BCUT2D eigenvalue weighted by molar-refractivity contribution is 0.0730. The first kappa shape index (κ1) is 19.9. The molecule has 0 fully saturated rings. The standard InChI is InChI=1S/C25H19N3O3/c1-30-24-15-19(16-26)9-12-23(24)31-25(29)22-6-3-2-5-21(22)20-10-7-18(8-11-20)17-28-14-4-13-27-28/h2-15H,17H2,1H3. The molecule has 6 heteroatoms. The average Bonchev–Trinajstić information content (AvgIpc) is 3.33. The molecule has 0 amide bonds. The molecule has 0 radical (unpaired) electrons. The third-order valence-electron chi connectivity index (χ3n) is 4.81. The van der Waals surface area contributed by atoms with Crippen LogP contribution in [0.25, 0.3) is 11.1 Å². The number of methoxy groups -OCH3 is 1. The number of hydrogen-bond acceptors (Lipinski definition) is 5. The van der Waals surface area contributed by atoms with Crippen molar-refractivity contribution < 1.29 is 14.3 Å². The molecular formula is C25H19N3O3. The fourth-order valence-electron chi connectivity index (χ4n) is 3.26. The second-order valence-corrected chi connectivity index (χ2v) is 6.81. The second kappa shape index (κ2) is 8.97. The van der Waals surface area contributed by atoms with Gasteiger partial charge < -0.3 is 9.47 Å². The molecule has 0 saturated heterocycles. The van der Waals surface area contributed by atoms with Gasteiger partial charge in [-0.25, -0.2) is 4.79 Å². The first-order chi connectivity index (χ1) is 15.2. The molecule has 0 aliphatic rings. The van der Waals surface area contributed by atoms with E-state index in [4.69, 9.17) is 14.7 Å². The van der Waals surface area contributed by atoms with Gasteiger partial charge in [0.1, 0.15) is 0 Å². The monoisotopic (exact) mass is 409 g/mol. The van der Waals surface area contributed by atoms with Gasteiger partial charge in [-0.05, 0) is 41.0 Å². The molecule has 31 heavy (non-hydrogen) atoms. The number of hydrogen-bond donors (Lipinski definition) is 0. The van der Waals surface area contributed by atoms with Crippen LogP contribution in [0.15, 0.2) is 85.2 Å². The Balaban J connectivity index is 1.59. The molecule has 1 aromatic heterocycles. The lowest BCUT2D eigenvalue weighted by Crippen LogP contribution is -2.11. The van der Waals surface area contributed by atoms with Crippen LogP contribution in [0.3, 0.4) is 0 Å². The van der Waals surface area contributed by atoms with Crippen LogP contribution in [-0.2, 0) is 6.54 Å². The van der Waals surface area contributed by atoms with Gasteiger partial charge in [0, 0.05) is 18.5 Å². The van der Waals surface area contributed by atoms with Gasteiger partial charge >= 0.3 is 5.97 Å². The maximum atomic E-state index is 13.0. The summed E-state index contributed by atoms with van der Waals surface area (Å²) in [6.07, 6.45) is 3.66. The van der Waals surface area contributed by atoms with Crippen LogP contribution in [0.4, 0.5) is 0 Å². The SMILES string of the molecule is COc1cc(C#N)ccc1OC(=O)c1ccccc1-c1ccc(Cn2cccn2)cc1. The molecule has 0 aliphatic carbocycles. The van der Waals surface area contributed by atoms with E-state index in [-0.39, 0.29) is 5.75 Å². The van der Waals surface area contributed by atoms with Crippen molar-refractivity contribution in [3.8, 4) is 28.7 Å². The van der Waals surface area contributed by atoms with E-state index in [2.05, 4.69) is 5.10 Å². The highest BCUT2D eigenvalue weighted by Gasteiger charge is 2.17. The number of ether oxygens (including phenoxy) is 2. The largest absolute Gasteiger partial charge is 0.493 e. The molecular weight excluding hydrogens is 390 g/mol. The summed E-state index contributed by atoms with van der Waals surface area (Å²) < 4.78 is 12.7. The lowest BCUT2D eigenvalue weighted by Gasteiger charge is -2.12. The van der Waals surface area contributed by atoms with Gasteiger partial charge in [-0.2, -0.15) is 10.4 Å². The van der Waals surface area contributed by atoms with Crippen LogP contribution < -0.4 is 9.47 Å². The van der Waals surface area contributed by atoms with E-state index in [1.807, 2.05) is 59.4 Å². The van der Waals surface area contributed by atoms with Crippen LogP contribution in [0, 0.1) is 11.3 Å². The quantitative estimate of drug-likeness (QED) is 0.341. The zero-order valence-corrected chi connectivity index (χ0v) is 16.9. The molecule has 152 valence electrons. The summed E-state index contributed by atoms with van der Waals surface area (Å²) in [7, 11) is 1.46. The van der Waals surface area contributed by atoms with E-state index in [1.54, 1.807) is 30.5 Å². The van der Waals surface area contributed by atoms with Gasteiger partial charge in [-0.3, -0.25) is 4.68 Å². The third-order valence-corrected chi connectivity index (χ3v) is 4.81. The van der Waals surface area contributed by atoms with Gasteiger partial charge in [0.05, 0.1) is 30.9 Å². The van der Waals surface area contributed by atoms with Crippen LogP contribution >= 0.6 is 0 Å². The fourth-order valence-corrected chi connectivity index (χ4v) is 3.26. The highest BCUT2D eigenvalue weighted by atomic mass is 16.6. The zero-order chi connectivity index (χ0) is 21.6. The third kappa shape index (κ3) is 4.46. The first-order valence-corrected chi connectivity index (χ1v) is 9.64. The molecule has 0 N–H and O–H groups in total.